The third kappa shape index (κ3) is 4.00. The lowest BCUT2D eigenvalue weighted by Gasteiger charge is -2.12. The van der Waals surface area contributed by atoms with E-state index in [2.05, 4.69) is 10.6 Å². The first-order valence-corrected chi connectivity index (χ1v) is 6.40. The summed E-state index contributed by atoms with van der Waals surface area (Å²) >= 11 is 0. The molecule has 0 heterocycles. The van der Waals surface area contributed by atoms with Gasteiger partial charge in [-0.2, -0.15) is 0 Å². The van der Waals surface area contributed by atoms with Gasteiger partial charge in [-0.05, 0) is 32.1 Å². The molecule has 96 valence electrons. The maximum atomic E-state index is 11.6. The Kier molecular flexibility index (Phi) is 3.99. The molecule has 0 unspecified atom stereocenters. The van der Waals surface area contributed by atoms with E-state index in [0.717, 1.165) is 13.0 Å². The first-order valence-electron chi connectivity index (χ1n) is 6.40. The predicted octanol–water partition coefficient (Wildman–Crippen LogP) is 0.498. The Balaban J connectivity index is 1.59. The number of carbonyl (C=O) groups is 2. The fourth-order valence-electron chi connectivity index (χ4n) is 2.31. The monoisotopic (exact) mass is 240 g/mol. The van der Waals surface area contributed by atoms with Gasteiger partial charge in [-0.15, -0.1) is 0 Å². The second-order valence-electron chi connectivity index (χ2n) is 5.09. The second-order valence-corrected chi connectivity index (χ2v) is 5.09. The van der Waals surface area contributed by atoms with Crippen molar-refractivity contribution in [3.8, 4) is 0 Å². The molecule has 0 saturated heterocycles. The van der Waals surface area contributed by atoms with Crippen molar-refractivity contribution in [2.75, 3.05) is 6.54 Å². The van der Waals surface area contributed by atoms with E-state index in [-0.39, 0.29) is 17.9 Å². The summed E-state index contributed by atoms with van der Waals surface area (Å²) in [4.78, 5) is 22.3. The second kappa shape index (κ2) is 5.49. The first-order chi connectivity index (χ1) is 8.15. The Hall–Kier alpha value is -1.10. The number of carboxylic acid groups (broad SMARTS) is 1. The molecule has 5 nitrogen and oxygen atoms in total. The average Bonchev–Trinajstić information content (AvgIpc) is 2.96. The van der Waals surface area contributed by atoms with Crippen LogP contribution in [0.2, 0.25) is 0 Å². The Morgan fingerprint density at radius 1 is 1.12 bits per heavy atom. The highest BCUT2D eigenvalue weighted by Gasteiger charge is 2.30. The van der Waals surface area contributed by atoms with Crippen LogP contribution in [-0.4, -0.2) is 35.6 Å². The van der Waals surface area contributed by atoms with E-state index < -0.39 is 5.97 Å². The van der Waals surface area contributed by atoms with Crippen molar-refractivity contribution in [1.29, 1.82) is 0 Å². The number of rotatable bonds is 6. The van der Waals surface area contributed by atoms with Crippen LogP contribution in [0.25, 0.3) is 0 Å². The fraction of sp³-hybridized carbons (Fsp3) is 0.833. The lowest BCUT2D eigenvalue weighted by Crippen LogP contribution is -2.35. The Morgan fingerprint density at radius 2 is 1.82 bits per heavy atom. The Labute approximate surface area is 101 Å². The number of amides is 1. The summed E-state index contributed by atoms with van der Waals surface area (Å²) in [6.45, 7) is 0.728. The van der Waals surface area contributed by atoms with E-state index in [0.29, 0.717) is 25.3 Å². The molecule has 0 radical (unpaired) electrons. The molecule has 0 aromatic heterocycles. The van der Waals surface area contributed by atoms with Gasteiger partial charge >= 0.3 is 5.97 Å². The van der Waals surface area contributed by atoms with Gasteiger partial charge in [-0.25, -0.2) is 0 Å². The minimum Gasteiger partial charge on any atom is -0.481 e. The maximum absolute atomic E-state index is 11.6. The van der Waals surface area contributed by atoms with Gasteiger partial charge in [-0.3, -0.25) is 9.59 Å². The maximum Gasteiger partial charge on any atom is 0.306 e. The molecule has 2 fully saturated rings. The van der Waals surface area contributed by atoms with Gasteiger partial charge in [0.05, 0.1) is 5.92 Å². The van der Waals surface area contributed by atoms with Crippen LogP contribution in [-0.2, 0) is 9.59 Å². The van der Waals surface area contributed by atoms with Gasteiger partial charge in [0, 0.05) is 25.0 Å². The molecule has 2 atom stereocenters. The topological polar surface area (TPSA) is 78.4 Å². The average molecular weight is 240 g/mol. The standard InChI is InChI=1S/C12H20N2O3/c15-11(5-6-13-9-3-4-9)14-10-2-1-8(7-10)12(16)17/h8-10,13H,1-7H2,(H,14,15)(H,16,17)/t8-,10+/m1/s1. The van der Waals surface area contributed by atoms with Crippen molar-refractivity contribution < 1.29 is 14.7 Å². The van der Waals surface area contributed by atoms with Crippen LogP contribution in [0.15, 0.2) is 0 Å². The van der Waals surface area contributed by atoms with Crippen LogP contribution in [0.3, 0.4) is 0 Å². The van der Waals surface area contributed by atoms with Crippen LogP contribution < -0.4 is 10.6 Å². The zero-order valence-electron chi connectivity index (χ0n) is 9.95. The summed E-state index contributed by atoms with van der Waals surface area (Å²) in [7, 11) is 0. The highest BCUT2D eigenvalue weighted by molar-refractivity contribution is 5.77. The largest absolute Gasteiger partial charge is 0.481 e. The molecule has 2 aliphatic carbocycles. The summed E-state index contributed by atoms with van der Waals surface area (Å²) in [5.74, 6) is -0.976. The molecule has 5 heteroatoms. The summed E-state index contributed by atoms with van der Waals surface area (Å²) in [6, 6.07) is 0.690. The summed E-state index contributed by atoms with van der Waals surface area (Å²) in [5, 5.41) is 15.1. The van der Waals surface area contributed by atoms with Crippen molar-refractivity contribution in [1.82, 2.24) is 10.6 Å². The van der Waals surface area contributed by atoms with E-state index in [1.807, 2.05) is 0 Å². The van der Waals surface area contributed by atoms with E-state index in [4.69, 9.17) is 5.11 Å². The molecule has 17 heavy (non-hydrogen) atoms. The van der Waals surface area contributed by atoms with Crippen LogP contribution in [0, 0.1) is 5.92 Å². The van der Waals surface area contributed by atoms with E-state index in [1.54, 1.807) is 0 Å². The smallest absolute Gasteiger partial charge is 0.306 e. The molecule has 0 aromatic carbocycles. The van der Waals surface area contributed by atoms with Gasteiger partial charge in [0.1, 0.15) is 0 Å². The Bertz CT molecular complexity index is 302. The molecular weight excluding hydrogens is 220 g/mol. The lowest BCUT2D eigenvalue weighted by molar-refractivity contribution is -0.141. The van der Waals surface area contributed by atoms with E-state index >= 15 is 0 Å². The van der Waals surface area contributed by atoms with Gasteiger partial charge in [0.15, 0.2) is 0 Å². The van der Waals surface area contributed by atoms with Gasteiger partial charge in [0.2, 0.25) is 5.91 Å². The minimum atomic E-state index is -0.739. The molecule has 2 saturated carbocycles. The van der Waals surface area contributed by atoms with Gasteiger partial charge in [-0.1, -0.05) is 0 Å². The Morgan fingerprint density at radius 3 is 2.41 bits per heavy atom. The van der Waals surface area contributed by atoms with Crippen molar-refractivity contribution >= 4 is 11.9 Å². The molecule has 0 bridgehead atoms. The minimum absolute atomic E-state index is 0.0363. The van der Waals surface area contributed by atoms with Crippen LogP contribution >= 0.6 is 0 Å². The fourth-order valence-corrected chi connectivity index (χ4v) is 2.31. The quantitative estimate of drug-likeness (QED) is 0.631. The van der Waals surface area contributed by atoms with Crippen molar-refractivity contribution in [2.24, 2.45) is 5.92 Å². The summed E-state index contributed by atoms with van der Waals surface area (Å²) in [5.41, 5.74) is 0. The van der Waals surface area contributed by atoms with Gasteiger partial charge < -0.3 is 15.7 Å². The molecule has 0 spiro atoms. The number of carbonyl (C=O) groups excluding carboxylic acids is 1. The molecule has 2 aliphatic rings. The van der Waals surface area contributed by atoms with Crippen LogP contribution in [0.4, 0.5) is 0 Å². The van der Waals surface area contributed by atoms with E-state index in [9.17, 15) is 9.59 Å². The highest BCUT2D eigenvalue weighted by Crippen LogP contribution is 2.25. The molecule has 3 N–H and O–H groups in total. The molecule has 2 rings (SSSR count). The molecule has 0 aromatic rings. The summed E-state index contributed by atoms with van der Waals surface area (Å²) in [6.07, 6.45) is 5.00. The van der Waals surface area contributed by atoms with Crippen molar-refractivity contribution in [2.45, 2.75) is 50.6 Å². The predicted molar refractivity (Wildman–Crippen MR) is 62.5 cm³/mol. The van der Waals surface area contributed by atoms with Crippen LogP contribution in [0.1, 0.15) is 38.5 Å². The molecular formula is C12H20N2O3. The third-order valence-corrected chi connectivity index (χ3v) is 3.51. The highest BCUT2D eigenvalue weighted by atomic mass is 16.4. The SMILES string of the molecule is O=C(CCNC1CC1)N[C@H]1CC[C@@H](C(=O)O)C1. The first kappa shape index (κ1) is 12.4. The lowest BCUT2D eigenvalue weighted by atomic mass is 10.1. The molecule has 0 aliphatic heterocycles. The number of aliphatic carboxylic acids is 1. The molecule has 1 amide bonds. The normalized spacial score (nSPS) is 28.0. The zero-order chi connectivity index (χ0) is 12.3. The van der Waals surface area contributed by atoms with Crippen LogP contribution in [0.5, 0.6) is 0 Å². The summed E-state index contributed by atoms with van der Waals surface area (Å²) < 4.78 is 0. The van der Waals surface area contributed by atoms with E-state index in [1.165, 1.54) is 12.8 Å². The number of hydrogen-bond donors (Lipinski definition) is 3. The zero-order valence-corrected chi connectivity index (χ0v) is 9.95. The van der Waals surface area contributed by atoms with Crippen molar-refractivity contribution in [3.05, 3.63) is 0 Å². The third-order valence-electron chi connectivity index (χ3n) is 3.51. The van der Waals surface area contributed by atoms with Crippen molar-refractivity contribution in [3.63, 3.8) is 0 Å². The number of carboxylic acids is 1. The number of nitrogens with one attached hydrogen (secondary N) is 2. The van der Waals surface area contributed by atoms with Gasteiger partial charge in [0.25, 0.3) is 0 Å². The number of hydrogen-bond acceptors (Lipinski definition) is 3.